The van der Waals surface area contributed by atoms with E-state index in [9.17, 15) is 0 Å². The fraction of sp³-hybridized carbons (Fsp3) is 0.455. The zero-order chi connectivity index (χ0) is 10.1. The molecule has 1 aliphatic rings. The van der Waals surface area contributed by atoms with Gasteiger partial charge in [0.2, 0.25) is 0 Å². The van der Waals surface area contributed by atoms with Crippen molar-refractivity contribution in [1.82, 2.24) is 0 Å². The summed E-state index contributed by atoms with van der Waals surface area (Å²) in [5.41, 5.74) is 6.86. The lowest BCUT2D eigenvalue weighted by molar-refractivity contribution is 0.409. The number of methoxy groups -OCH3 is 1. The molecular formula is C11H14ClNO. The molecule has 2 N–H and O–H groups in total. The first-order valence-corrected chi connectivity index (χ1v) is 5.17. The molecule has 0 amide bonds. The monoisotopic (exact) mass is 211 g/mol. The van der Waals surface area contributed by atoms with Crippen LogP contribution in [0.2, 0.25) is 5.02 Å². The van der Waals surface area contributed by atoms with Gasteiger partial charge in [0, 0.05) is 5.02 Å². The molecule has 0 saturated heterocycles. The summed E-state index contributed by atoms with van der Waals surface area (Å²) < 4.78 is 5.30. The Kier molecular flexibility index (Phi) is 2.66. The van der Waals surface area contributed by atoms with Crippen LogP contribution in [0.5, 0.6) is 5.75 Å². The zero-order valence-electron chi connectivity index (χ0n) is 8.16. The van der Waals surface area contributed by atoms with Gasteiger partial charge in [-0.25, -0.2) is 0 Å². The fourth-order valence-electron chi connectivity index (χ4n) is 1.88. The molecule has 0 aliphatic heterocycles. The molecular weight excluding hydrogens is 198 g/mol. The number of hydrogen-bond donors (Lipinski definition) is 1. The molecule has 1 aromatic rings. The summed E-state index contributed by atoms with van der Waals surface area (Å²) >= 11 is 5.89. The first kappa shape index (κ1) is 9.81. The third-order valence-electron chi connectivity index (χ3n) is 2.82. The summed E-state index contributed by atoms with van der Waals surface area (Å²) in [5, 5.41) is 0.718. The quantitative estimate of drug-likeness (QED) is 0.834. The largest absolute Gasteiger partial charge is 0.496 e. The average Bonchev–Trinajstić information content (AvgIpc) is 2.96. The van der Waals surface area contributed by atoms with E-state index in [1.54, 1.807) is 7.11 Å². The highest BCUT2D eigenvalue weighted by Gasteiger charge is 2.38. The highest BCUT2D eigenvalue weighted by atomic mass is 35.5. The lowest BCUT2D eigenvalue weighted by Gasteiger charge is -2.08. The highest BCUT2D eigenvalue weighted by Crippen LogP contribution is 2.49. The average molecular weight is 212 g/mol. The molecule has 0 spiro atoms. The Morgan fingerprint density at radius 3 is 2.93 bits per heavy atom. The molecule has 3 heteroatoms. The predicted octanol–water partition coefficient (Wildman–Crippen LogP) is 2.41. The number of benzene rings is 1. The van der Waals surface area contributed by atoms with E-state index in [0.717, 1.165) is 17.3 Å². The minimum Gasteiger partial charge on any atom is -0.496 e. The van der Waals surface area contributed by atoms with Gasteiger partial charge in [-0.2, -0.15) is 0 Å². The van der Waals surface area contributed by atoms with Crippen molar-refractivity contribution in [1.29, 1.82) is 0 Å². The van der Waals surface area contributed by atoms with Gasteiger partial charge in [-0.3, -0.25) is 0 Å². The molecule has 0 aromatic heterocycles. The Hall–Kier alpha value is -0.730. The molecule has 1 fully saturated rings. The first-order chi connectivity index (χ1) is 6.76. The van der Waals surface area contributed by atoms with Crippen LogP contribution >= 0.6 is 11.6 Å². The van der Waals surface area contributed by atoms with Gasteiger partial charge in [0.1, 0.15) is 5.75 Å². The van der Waals surface area contributed by atoms with Crippen LogP contribution in [0.4, 0.5) is 0 Å². The molecule has 1 aliphatic carbocycles. The second kappa shape index (κ2) is 3.79. The van der Waals surface area contributed by atoms with Gasteiger partial charge >= 0.3 is 0 Å². The van der Waals surface area contributed by atoms with Gasteiger partial charge in [-0.05, 0) is 42.5 Å². The lowest BCUT2D eigenvalue weighted by Crippen LogP contribution is -2.02. The van der Waals surface area contributed by atoms with Gasteiger partial charge in [0.25, 0.3) is 0 Å². The third kappa shape index (κ3) is 1.72. The number of ether oxygens (including phenoxy) is 1. The molecule has 2 unspecified atom stereocenters. The minimum absolute atomic E-state index is 0.576. The summed E-state index contributed by atoms with van der Waals surface area (Å²) in [6, 6.07) is 5.82. The molecule has 76 valence electrons. The van der Waals surface area contributed by atoms with E-state index in [1.165, 1.54) is 12.0 Å². The van der Waals surface area contributed by atoms with Crippen molar-refractivity contribution in [2.75, 3.05) is 13.7 Å². The van der Waals surface area contributed by atoms with E-state index >= 15 is 0 Å². The van der Waals surface area contributed by atoms with Crippen LogP contribution in [0.3, 0.4) is 0 Å². The smallest absolute Gasteiger partial charge is 0.123 e. The summed E-state index contributed by atoms with van der Waals surface area (Å²) in [6.45, 7) is 0.760. The molecule has 2 rings (SSSR count). The Labute approximate surface area is 89.0 Å². The van der Waals surface area contributed by atoms with Gasteiger partial charge in [0.15, 0.2) is 0 Å². The molecule has 0 radical (unpaired) electrons. The van der Waals surface area contributed by atoms with Crippen LogP contribution in [0, 0.1) is 5.92 Å². The van der Waals surface area contributed by atoms with Crippen molar-refractivity contribution < 1.29 is 4.74 Å². The maximum Gasteiger partial charge on any atom is 0.123 e. The van der Waals surface area contributed by atoms with Crippen molar-refractivity contribution in [3.63, 3.8) is 0 Å². The summed E-state index contributed by atoms with van der Waals surface area (Å²) in [4.78, 5) is 0. The minimum atomic E-state index is 0.576. The van der Waals surface area contributed by atoms with Crippen molar-refractivity contribution in [3.05, 3.63) is 28.8 Å². The van der Waals surface area contributed by atoms with Crippen molar-refractivity contribution >= 4 is 11.6 Å². The molecule has 2 nitrogen and oxygen atoms in total. The summed E-state index contributed by atoms with van der Waals surface area (Å²) in [6.07, 6.45) is 1.18. The van der Waals surface area contributed by atoms with Crippen LogP contribution in [0.15, 0.2) is 18.2 Å². The number of hydrogen-bond acceptors (Lipinski definition) is 2. The first-order valence-electron chi connectivity index (χ1n) is 4.79. The number of rotatable bonds is 3. The van der Waals surface area contributed by atoms with E-state index in [1.807, 2.05) is 18.2 Å². The number of halogens is 1. The van der Waals surface area contributed by atoms with Gasteiger partial charge in [-0.1, -0.05) is 17.7 Å². The van der Waals surface area contributed by atoms with Gasteiger partial charge < -0.3 is 10.5 Å². The SMILES string of the molecule is COc1cc(Cl)ccc1C1CC1CN. The van der Waals surface area contributed by atoms with E-state index in [-0.39, 0.29) is 0 Å². The molecule has 14 heavy (non-hydrogen) atoms. The molecule has 2 atom stereocenters. The van der Waals surface area contributed by atoms with Crippen LogP contribution < -0.4 is 10.5 Å². The van der Waals surface area contributed by atoms with Crippen LogP contribution in [0.25, 0.3) is 0 Å². The Morgan fingerprint density at radius 1 is 1.57 bits per heavy atom. The Bertz CT molecular complexity index is 340. The molecule has 1 aromatic carbocycles. The Morgan fingerprint density at radius 2 is 2.36 bits per heavy atom. The van der Waals surface area contributed by atoms with Crippen LogP contribution in [-0.2, 0) is 0 Å². The van der Waals surface area contributed by atoms with Crippen molar-refractivity contribution in [2.24, 2.45) is 11.7 Å². The molecule has 0 heterocycles. The summed E-state index contributed by atoms with van der Waals surface area (Å²) in [5.74, 6) is 2.09. The second-order valence-electron chi connectivity index (χ2n) is 3.72. The Balaban J connectivity index is 2.25. The second-order valence-corrected chi connectivity index (χ2v) is 4.16. The van der Waals surface area contributed by atoms with Crippen LogP contribution in [0.1, 0.15) is 17.9 Å². The van der Waals surface area contributed by atoms with Crippen LogP contribution in [-0.4, -0.2) is 13.7 Å². The highest BCUT2D eigenvalue weighted by molar-refractivity contribution is 6.30. The van der Waals surface area contributed by atoms with E-state index in [0.29, 0.717) is 11.8 Å². The predicted molar refractivity (Wildman–Crippen MR) is 57.9 cm³/mol. The molecule has 0 bridgehead atoms. The van der Waals surface area contributed by atoms with Gasteiger partial charge in [0.05, 0.1) is 7.11 Å². The third-order valence-corrected chi connectivity index (χ3v) is 3.06. The van der Waals surface area contributed by atoms with E-state index in [2.05, 4.69) is 0 Å². The van der Waals surface area contributed by atoms with Gasteiger partial charge in [-0.15, -0.1) is 0 Å². The van der Waals surface area contributed by atoms with Crippen molar-refractivity contribution in [2.45, 2.75) is 12.3 Å². The maximum absolute atomic E-state index is 5.89. The fourth-order valence-corrected chi connectivity index (χ4v) is 2.04. The summed E-state index contributed by atoms with van der Waals surface area (Å²) in [7, 11) is 1.68. The lowest BCUT2D eigenvalue weighted by atomic mass is 10.1. The van der Waals surface area contributed by atoms with E-state index in [4.69, 9.17) is 22.1 Å². The van der Waals surface area contributed by atoms with E-state index < -0.39 is 0 Å². The van der Waals surface area contributed by atoms with Crippen molar-refractivity contribution in [3.8, 4) is 5.75 Å². The normalized spacial score (nSPS) is 24.8. The molecule has 1 saturated carbocycles. The zero-order valence-corrected chi connectivity index (χ0v) is 8.92. The maximum atomic E-state index is 5.89. The number of nitrogens with two attached hydrogens (primary N) is 1. The topological polar surface area (TPSA) is 35.2 Å². The standard InChI is InChI=1S/C11H14ClNO/c1-14-11-5-8(12)2-3-9(11)10-4-7(10)6-13/h2-3,5,7,10H,4,6,13H2,1H3.